The number of carbonyl (C=O) groups excluding carboxylic acids is 3. The van der Waals surface area contributed by atoms with E-state index in [2.05, 4.69) is 31.4 Å². The summed E-state index contributed by atoms with van der Waals surface area (Å²) < 4.78 is 9.70. The Hall–Kier alpha value is -2.26. The molecule has 1 amide bonds. The monoisotopic (exact) mass is 452 g/mol. The number of anilines is 1. The van der Waals surface area contributed by atoms with Crippen LogP contribution in [0.15, 0.2) is 12.2 Å². The van der Waals surface area contributed by atoms with Gasteiger partial charge in [0.2, 0.25) is 5.91 Å². The fourth-order valence-corrected chi connectivity index (χ4v) is 4.94. The molecule has 0 spiro atoms. The van der Waals surface area contributed by atoms with Gasteiger partial charge in [-0.1, -0.05) is 20.8 Å². The molecule has 9 heteroatoms. The van der Waals surface area contributed by atoms with Gasteiger partial charge in [0.25, 0.3) is 0 Å². The summed E-state index contributed by atoms with van der Waals surface area (Å²) in [4.78, 5) is 36.8. The molecule has 1 unspecified atom stereocenters. The summed E-state index contributed by atoms with van der Waals surface area (Å²) in [5.74, 6) is -1.10. The second kappa shape index (κ2) is 10.2. The zero-order valence-corrected chi connectivity index (χ0v) is 19.6. The summed E-state index contributed by atoms with van der Waals surface area (Å²) in [5, 5.41) is 6.00. The third-order valence-corrected chi connectivity index (χ3v) is 6.37. The zero-order chi connectivity index (χ0) is 22.5. The van der Waals surface area contributed by atoms with Gasteiger partial charge in [0, 0.05) is 17.0 Å². The Labute approximate surface area is 186 Å². The smallest absolute Gasteiger partial charge is 0.341 e. The molecule has 2 N–H and O–H groups in total. The van der Waals surface area contributed by atoms with E-state index in [1.165, 1.54) is 18.4 Å². The van der Waals surface area contributed by atoms with E-state index in [0.29, 0.717) is 16.5 Å². The molecule has 0 bridgehead atoms. The van der Waals surface area contributed by atoms with Crippen LogP contribution in [-0.4, -0.2) is 36.7 Å². The van der Waals surface area contributed by atoms with Gasteiger partial charge in [0.15, 0.2) is 5.11 Å². The topological polar surface area (TPSA) is 93.7 Å². The normalized spacial score (nSPS) is 16.0. The molecule has 7 nitrogen and oxygen atoms in total. The first-order valence-electron chi connectivity index (χ1n) is 9.76. The number of thiophene rings is 1. The van der Waals surface area contributed by atoms with Crippen LogP contribution in [0.2, 0.25) is 0 Å². The van der Waals surface area contributed by atoms with Gasteiger partial charge in [0.1, 0.15) is 5.00 Å². The van der Waals surface area contributed by atoms with Crippen molar-refractivity contribution in [2.75, 3.05) is 19.0 Å². The van der Waals surface area contributed by atoms with Crippen molar-refractivity contribution in [2.24, 2.45) is 11.3 Å². The predicted octanol–water partition coefficient (Wildman–Crippen LogP) is 3.62. The molecule has 0 fully saturated rings. The van der Waals surface area contributed by atoms with Crippen LogP contribution in [0.3, 0.4) is 0 Å². The van der Waals surface area contributed by atoms with Crippen molar-refractivity contribution in [3.05, 3.63) is 28.2 Å². The van der Waals surface area contributed by atoms with E-state index >= 15 is 0 Å². The highest BCUT2D eigenvalue weighted by Crippen LogP contribution is 2.44. The molecule has 0 radical (unpaired) electrons. The second-order valence-electron chi connectivity index (χ2n) is 8.03. The highest BCUT2D eigenvalue weighted by atomic mass is 32.1. The summed E-state index contributed by atoms with van der Waals surface area (Å²) in [6.45, 7) is 8.58. The number of thiocarbonyl (C=S) groups is 1. The number of fused-ring (bicyclic) bond motifs is 1. The molecule has 1 heterocycles. The summed E-state index contributed by atoms with van der Waals surface area (Å²) in [6, 6.07) is 0. The summed E-state index contributed by atoms with van der Waals surface area (Å²) in [5.41, 5.74) is 1.64. The lowest BCUT2D eigenvalue weighted by molar-refractivity contribution is -0.137. The summed E-state index contributed by atoms with van der Waals surface area (Å²) in [6.07, 6.45) is 4.74. The van der Waals surface area contributed by atoms with Crippen LogP contribution in [0.1, 0.15) is 54.9 Å². The molecule has 164 valence electrons. The van der Waals surface area contributed by atoms with Crippen molar-refractivity contribution in [2.45, 2.75) is 47.0 Å². The Morgan fingerprint density at radius 1 is 1.27 bits per heavy atom. The number of hydrogen-bond donors (Lipinski definition) is 2. The van der Waals surface area contributed by atoms with Gasteiger partial charge >= 0.3 is 11.9 Å². The van der Waals surface area contributed by atoms with E-state index in [0.717, 1.165) is 41.9 Å². The van der Waals surface area contributed by atoms with Crippen molar-refractivity contribution in [3.63, 3.8) is 0 Å². The lowest BCUT2D eigenvalue weighted by atomic mass is 9.72. The van der Waals surface area contributed by atoms with Gasteiger partial charge in [-0.15, -0.1) is 11.3 Å². The first-order valence-corrected chi connectivity index (χ1v) is 11.0. The third kappa shape index (κ3) is 6.12. The molecular formula is C21H28N2O5S2. The average Bonchev–Trinajstić information content (AvgIpc) is 3.02. The molecule has 2 rings (SSSR count). The van der Waals surface area contributed by atoms with Crippen LogP contribution in [0.4, 0.5) is 5.00 Å². The molecule has 1 aliphatic carbocycles. The zero-order valence-electron chi connectivity index (χ0n) is 17.9. The number of amides is 1. The van der Waals surface area contributed by atoms with Gasteiger partial charge in [-0.3, -0.25) is 10.1 Å². The van der Waals surface area contributed by atoms with E-state index in [-0.39, 0.29) is 17.1 Å². The van der Waals surface area contributed by atoms with Crippen LogP contribution < -0.4 is 10.6 Å². The van der Waals surface area contributed by atoms with Crippen molar-refractivity contribution < 1.29 is 23.9 Å². The van der Waals surface area contributed by atoms with Crippen molar-refractivity contribution in [3.8, 4) is 0 Å². The van der Waals surface area contributed by atoms with Gasteiger partial charge in [-0.05, 0) is 55.3 Å². The molecule has 0 saturated heterocycles. The first-order chi connectivity index (χ1) is 14.1. The predicted molar refractivity (Wildman–Crippen MR) is 121 cm³/mol. The quantitative estimate of drug-likeness (QED) is 0.400. The van der Waals surface area contributed by atoms with Crippen molar-refractivity contribution >= 4 is 51.5 Å². The first kappa shape index (κ1) is 24.0. The maximum absolute atomic E-state index is 12.4. The number of carbonyl (C=O) groups is 3. The Kier molecular flexibility index (Phi) is 8.14. The fourth-order valence-electron chi connectivity index (χ4n) is 3.35. The SMILES string of the molecule is CCOC(=O)/C=C/C(=O)NC(=S)Nc1sc2c(c1C(=O)OC)CCC(C(C)(C)C)C2. The van der Waals surface area contributed by atoms with Crippen LogP contribution in [0, 0.1) is 11.3 Å². The molecule has 1 aromatic heterocycles. The van der Waals surface area contributed by atoms with E-state index in [9.17, 15) is 14.4 Å². The molecule has 0 saturated carbocycles. The summed E-state index contributed by atoms with van der Waals surface area (Å²) >= 11 is 6.67. The Morgan fingerprint density at radius 3 is 2.57 bits per heavy atom. The molecule has 1 aliphatic rings. The van der Waals surface area contributed by atoms with Crippen molar-refractivity contribution in [1.82, 2.24) is 5.32 Å². The number of hydrogen-bond acceptors (Lipinski definition) is 7. The molecule has 0 aromatic carbocycles. The maximum atomic E-state index is 12.4. The number of nitrogens with one attached hydrogen (secondary N) is 2. The summed E-state index contributed by atoms with van der Waals surface area (Å²) in [7, 11) is 1.34. The van der Waals surface area contributed by atoms with Gasteiger partial charge in [-0.25, -0.2) is 9.59 Å². The Morgan fingerprint density at radius 2 is 1.97 bits per heavy atom. The lowest BCUT2D eigenvalue weighted by Crippen LogP contribution is -2.33. The molecule has 1 atom stereocenters. The fraction of sp³-hybridized carbons (Fsp3) is 0.524. The maximum Gasteiger partial charge on any atom is 0.341 e. The van der Waals surface area contributed by atoms with Crippen LogP contribution >= 0.6 is 23.6 Å². The van der Waals surface area contributed by atoms with Gasteiger partial charge in [0.05, 0.1) is 19.3 Å². The molecule has 30 heavy (non-hydrogen) atoms. The minimum atomic E-state index is -0.612. The standard InChI is InChI=1S/C21H28N2O5S2/c1-6-28-16(25)10-9-15(24)22-20(29)23-18-17(19(26)27-5)13-8-7-12(21(2,3)4)11-14(13)30-18/h9-10,12H,6-8,11H2,1-5H3,(H2,22,23,24,29)/b10-9+. The highest BCUT2D eigenvalue weighted by Gasteiger charge is 2.34. The van der Waals surface area contributed by atoms with Crippen LogP contribution in [-0.2, 0) is 31.9 Å². The average molecular weight is 453 g/mol. The third-order valence-electron chi connectivity index (χ3n) is 5.00. The van der Waals surface area contributed by atoms with Gasteiger partial charge < -0.3 is 14.8 Å². The second-order valence-corrected chi connectivity index (χ2v) is 9.55. The van der Waals surface area contributed by atoms with Gasteiger partial charge in [-0.2, -0.15) is 0 Å². The highest BCUT2D eigenvalue weighted by molar-refractivity contribution is 7.80. The number of rotatable bonds is 5. The largest absolute Gasteiger partial charge is 0.465 e. The van der Waals surface area contributed by atoms with E-state index < -0.39 is 17.8 Å². The van der Waals surface area contributed by atoms with E-state index in [4.69, 9.17) is 21.7 Å². The van der Waals surface area contributed by atoms with Crippen LogP contribution in [0.25, 0.3) is 0 Å². The molecule has 1 aromatic rings. The number of ether oxygens (including phenoxy) is 2. The number of methoxy groups -OCH3 is 1. The van der Waals surface area contributed by atoms with E-state index in [1.54, 1.807) is 6.92 Å². The Balaban J connectivity index is 2.16. The minimum Gasteiger partial charge on any atom is -0.465 e. The molecular weight excluding hydrogens is 424 g/mol. The Bertz CT molecular complexity index is 867. The molecule has 0 aliphatic heterocycles. The van der Waals surface area contributed by atoms with Crippen LogP contribution in [0.5, 0.6) is 0 Å². The minimum absolute atomic E-state index is 0.0321. The van der Waals surface area contributed by atoms with E-state index in [1.807, 2.05) is 0 Å². The lowest BCUT2D eigenvalue weighted by Gasteiger charge is -2.33. The number of esters is 2. The van der Waals surface area contributed by atoms with Crippen molar-refractivity contribution in [1.29, 1.82) is 0 Å².